The molecule has 72 valence electrons. The molecule has 0 unspecified atom stereocenters. The molecule has 4 heteroatoms. The summed E-state index contributed by atoms with van der Waals surface area (Å²) in [4.78, 5) is 0. The monoisotopic (exact) mass is 264 g/mol. The van der Waals surface area contributed by atoms with Gasteiger partial charge in [-0.15, -0.1) is 0 Å². The highest BCUT2D eigenvalue weighted by atomic mass is 79.9. The third-order valence-electron chi connectivity index (χ3n) is 1.67. The largest absolute Gasteiger partial charge is 0.392 e. The smallest absolute Gasteiger partial charge is 0.0738 e. The lowest BCUT2D eigenvalue weighted by molar-refractivity contribution is 0.184. The minimum absolute atomic E-state index is 0.00835. The molecule has 0 radical (unpaired) electrons. The molecule has 0 saturated carbocycles. The minimum atomic E-state index is -0.00835. The molecule has 0 atom stereocenters. The van der Waals surface area contributed by atoms with Crippen molar-refractivity contribution < 1.29 is 9.84 Å². The van der Waals surface area contributed by atoms with Crippen molar-refractivity contribution in [3.63, 3.8) is 0 Å². The zero-order chi connectivity index (χ0) is 9.84. The number of halogens is 2. The zero-order valence-corrected chi connectivity index (χ0v) is 9.52. The Balaban J connectivity index is 3.07. The van der Waals surface area contributed by atoms with Gasteiger partial charge in [-0.05, 0) is 17.7 Å². The van der Waals surface area contributed by atoms with E-state index < -0.39 is 0 Å². The molecule has 0 heterocycles. The lowest BCUT2D eigenvalue weighted by atomic mass is 10.1. The van der Waals surface area contributed by atoms with E-state index in [-0.39, 0.29) is 6.61 Å². The van der Waals surface area contributed by atoms with E-state index in [4.69, 9.17) is 21.4 Å². The topological polar surface area (TPSA) is 29.5 Å². The summed E-state index contributed by atoms with van der Waals surface area (Å²) in [5.74, 6) is 0. The average molecular weight is 266 g/mol. The van der Waals surface area contributed by atoms with E-state index in [1.54, 1.807) is 13.2 Å². The summed E-state index contributed by atoms with van der Waals surface area (Å²) in [7, 11) is 1.61. The molecule has 1 rings (SSSR count). The quantitative estimate of drug-likeness (QED) is 0.910. The maximum atomic E-state index is 8.90. The van der Waals surface area contributed by atoms with Gasteiger partial charge in [-0.2, -0.15) is 0 Å². The second-order valence-electron chi connectivity index (χ2n) is 2.63. The Bertz CT molecular complexity index is 279. The Hall–Kier alpha value is -0.0900. The number of rotatable bonds is 3. The van der Waals surface area contributed by atoms with Gasteiger partial charge in [-0.3, -0.25) is 0 Å². The molecule has 1 N–H and O–H groups in total. The van der Waals surface area contributed by atoms with Gasteiger partial charge in [0.2, 0.25) is 0 Å². The highest BCUT2D eigenvalue weighted by molar-refractivity contribution is 9.10. The van der Waals surface area contributed by atoms with Crippen LogP contribution in [0.25, 0.3) is 0 Å². The van der Waals surface area contributed by atoms with Gasteiger partial charge in [0.15, 0.2) is 0 Å². The second kappa shape index (κ2) is 4.96. The van der Waals surface area contributed by atoms with E-state index in [1.807, 2.05) is 6.07 Å². The molecule has 0 aliphatic carbocycles. The van der Waals surface area contributed by atoms with Crippen molar-refractivity contribution in [2.75, 3.05) is 7.11 Å². The summed E-state index contributed by atoms with van der Waals surface area (Å²) in [5.41, 5.74) is 1.69. The third-order valence-corrected chi connectivity index (χ3v) is 2.72. The van der Waals surface area contributed by atoms with Gasteiger partial charge in [0.1, 0.15) is 0 Å². The fourth-order valence-corrected chi connectivity index (χ4v) is 2.06. The van der Waals surface area contributed by atoms with E-state index in [1.165, 1.54) is 0 Å². The minimum Gasteiger partial charge on any atom is -0.392 e. The van der Waals surface area contributed by atoms with Crippen molar-refractivity contribution >= 4 is 27.5 Å². The lowest BCUT2D eigenvalue weighted by Crippen LogP contribution is -1.93. The molecule has 0 aromatic heterocycles. The first-order valence-corrected chi connectivity index (χ1v) is 4.92. The number of aliphatic hydroxyl groups is 1. The van der Waals surface area contributed by atoms with Crippen molar-refractivity contribution in [3.05, 3.63) is 32.8 Å². The fourth-order valence-electron chi connectivity index (χ4n) is 1.03. The van der Waals surface area contributed by atoms with Crippen LogP contribution in [-0.4, -0.2) is 12.2 Å². The van der Waals surface area contributed by atoms with Crippen molar-refractivity contribution in [1.82, 2.24) is 0 Å². The van der Waals surface area contributed by atoms with E-state index in [9.17, 15) is 0 Å². The molecule has 0 amide bonds. The summed E-state index contributed by atoms with van der Waals surface area (Å²) >= 11 is 9.34. The van der Waals surface area contributed by atoms with Gasteiger partial charge < -0.3 is 9.84 Å². The van der Waals surface area contributed by atoms with Crippen LogP contribution in [0.15, 0.2) is 16.6 Å². The molecular formula is C9H10BrClO2. The van der Waals surface area contributed by atoms with E-state index in [0.717, 1.165) is 15.6 Å². The zero-order valence-electron chi connectivity index (χ0n) is 7.18. The van der Waals surface area contributed by atoms with Crippen LogP contribution < -0.4 is 0 Å². The number of ether oxygens (including phenoxy) is 1. The summed E-state index contributed by atoms with van der Waals surface area (Å²) in [6, 6.07) is 3.57. The van der Waals surface area contributed by atoms with Crippen molar-refractivity contribution in [3.8, 4) is 0 Å². The molecule has 1 aromatic rings. The number of benzene rings is 1. The molecule has 1 aromatic carbocycles. The number of hydrogen-bond acceptors (Lipinski definition) is 2. The number of aliphatic hydroxyl groups excluding tert-OH is 1. The van der Waals surface area contributed by atoms with E-state index >= 15 is 0 Å². The van der Waals surface area contributed by atoms with Gasteiger partial charge in [-0.1, -0.05) is 27.5 Å². The summed E-state index contributed by atoms with van der Waals surface area (Å²) in [5, 5.41) is 9.51. The van der Waals surface area contributed by atoms with Crippen LogP contribution in [0.2, 0.25) is 5.02 Å². The molecule has 0 spiro atoms. The van der Waals surface area contributed by atoms with Crippen LogP contribution in [0.1, 0.15) is 11.1 Å². The van der Waals surface area contributed by atoms with Crippen LogP contribution in [0.5, 0.6) is 0 Å². The van der Waals surface area contributed by atoms with Crippen LogP contribution in [-0.2, 0) is 18.0 Å². The van der Waals surface area contributed by atoms with Crippen molar-refractivity contribution in [1.29, 1.82) is 0 Å². The highest BCUT2D eigenvalue weighted by Gasteiger charge is 2.06. The Morgan fingerprint density at radius 3 is 2.69 bits per heavy atom. The number of methoxy groups -OCH3 is 1. The van der Waals surface area contributed by atoms with Crippen molar-refractivity contribution in [2.45, 2.75) is 13.2 Å². The molecule has 2 nitrogen and oxygen atoms in total. The summed E-state index contributed by atoms with van der Waals surface area (Å²) in [6.45, 7) is 0.455. The average Bonchev–Trinajstić information content (AvgIpc) is 2.11. The lowest BCUT2D eigenvalue weighted by Gasteiger charge is -2.07. The standard InChI is InChI=1S/C9H10BrClO2/c1-13-5-7-8(10)2-6(4-12)3-9(7)11/h2-3,12H,4-5H2,1H3. The molecule has 0 saturated heterocycles. The van der Waals surface area contributed by atoms with Crippen molar-refractivity contribution in [2.24, 2.45) is 0 Å². The number of hydrogen-bond donors (Lipinski definition) is 1. The van der Waals surface area contributed by atoms with E-state index in [2.05, 4.69) is 15.9 Å². The first kappa shape index (κ1) is 11.0. The van der Waals surface area contributed by atoms with Crippen LogP contribution in [0.4, 0.5) is 0 Å². The highest BCUT2D eigenvalue weighted by Crippen LogP contribution is 2.27. The van der Waals surface area contributed by atoms with Crippen LogP contribution in [0.3, 0.4) is 0 Å². The Labute approximate surface area is 90.6 Å². The fraction of sp³-hybridized carbons (Fsp3) is 0.333. The van der Waals surface area contributed by atoms with Gasteiger partial charge in [0.05, 0.1) is 13.2 Å². The Kier molecular flexibility index (Phi) is 4.19. The van der Waals surface area contributed by atoms with Crippen LogP contribution in [0, 0.1) is 0 Å². The molecule has 0 fully saturated rings. The molecule has 0 aliphatic heterocycles. The van der Waals surface area contributed by atoms with Crippen LogP contribution >= 0.6 is 27.5 Å². The third kappa shape index (κ3) is 2.68. The SMILES string of the molecule is COCc1c(Cl)cc(CO)cc1Br. The Morgan fingerprint density at radius 2 is 2.23 bits per heavy atom. The van der Waals surface area contributed by atoms with E-state index in [0.29, 0.717) is 11.6 Å². The predicted octanol–water partition coefficient (Wildman–Crippen LogP) is 2.74. The summed E-state index contributed by atoms with van der Waals surface area (Å²) < 4.78 is 5.85. The normalized spacial score (nSPS) is 10.5. The van der Waals surface area contributed by atoms with Gasteiger partial charge in [0.25, 0.3) is 0 Å². The first-order chi connectivity index (χ1) is 6.19. The predicted molar refractivity (Wildman–Crippen MR) is 55.8 cm³/mol. The van der Waals surface area contributed by atoms with Gasteiger partial charge >= 0.3 is 0 Å². The first-order valence-electron chi connectivity index (χ1n) is 3.75. The molecule has 0 bridgehead atoms. The summed E-state index contributed by atoms with van der Waals surface area (Å²) in [6.07, 6.45) is 0. The second-order valence-corrected chi connectivity index (χ2v) is 3.89. The maximum absolute atomic E-state index is 8.90. The molecular weight excluding hydrogens is 255 g/mol. The molecule has 0 aliphatic rings. The molecule has 13 heavy (non-hydrogen) atoms. The van der Waals surface area contributed by atoms with Gasteiger partial charge in [-0.25, -0.2) is 0 Å². The maximum Gasteiger partial charge on any atom is 0.0738 e. The van der Waals surface area contributed by atoms with Gasteiger partial charge in [0, 0.05) is 22.2 Å². The Morgan fingerprint density at radius 1 is 1.54 bits per heavy atom.